The molecule has 0 saturated carbocycles. The monoisotopic (exact) mass is 1300 g/mol. The lowest BCUT2D eigenvalue weighted by molar-refractivity contribution is 1.26. The van der Waals surface area contributed by atoms with Crippen LogP contribution in [0.5, 0.6) is 0 Å². The molecule has 0 aromatic heterocycles. The van der Waals surface area contributed by atoms with E-state index in [9.17, 15) is 0 Å². The Labute approximate surface area is 531 Å². The zero-order valence-electron chi connectivity index (χ0n) is 47.5. The molecule has 0 unspecified atom stereocenters. The predicted molar refractivity (Wildman–Crippen MR) is 382 cm³/mol. The molecule has 0 heterocycles. The standard InChI is InChI=1S/C49H38Si2.C18H15ClSi.C13H8Br2/c1-7-19-40(20-8-1)50(41-21-9-2-10-22-41,42-23-11-3-12-24-42)46-33-31-38-35-39-32-34-47(37-49(39)48(38)36-46)51(43-25-13-4-14-26-43,44-27-15-5-16-28-44)45-29-17-6-18-30-45;19-20(16-10-4-1-5-11-16,17-12-6-2-7-13-17)18-14-8-3-9-15-18;14-10-3-1-8-5-9-2-4-11(15)7-13(9)12(8)6-10/h1-34,36-37H,35H2;1-15H;1-4,6-7H,5H2. The van der Waals surface area contributed by atoms with E-state index in [2.05, 4.69) is 359 Å². The van der Waals surface area contributed by atoms with Gasteiger partial charge in [0, 0.05) is 8.95 Å². The van der Waals surface area contributed by atoms with Gasteiger partial charge in [-0.2, -0.15) is 0 Å². The quantitative estimate of drug-likeness (QED) is 0.0688. The van der Waals surface area contributed by atoms with Crippen LogP contribution in [0.15, 0.2) is 355 Å². The molecule has 0 N–H and O–H groups in total. The van der Waals surface area contributed by atoms with Crippen LogP contribution >= 0.6 is 42.9 Å². The van der Waals surface area contributed by atoms with Crippen LogP contribution in [0.2, 0.25) is 0 Å². The van der Waals surface area contributed by atoms with Crippen LogP contribution in [0.4, 0.5) is 0 Å². The zero-order valence-corrected chi connectivity index (χ0v) is 54.4. The molecule has 13 aromatic rings. The molecule has 0 saturated heterocycles. The van der Waals surface area contributed by atoms with Crippen molar-refractivity contribution < 1.29 is 0 Å². The highest BCUT2D eigenvalue weighted by Crippen LogP contribution is 2.40. The molecule has 0 spiro atoms. The average molecular weight is 1300 g/mol. The van der Waals surface area contributed by atoms with Crippen LogP contribution in [0.25, 0.3) is 22.3 Å². The second kappa shape index (κ2) is 25.4. The fourth-order valence-corrected chi connectivity index (χ4v) is 27.7. The van der Waals surface area contributed by atoms with Crippen LogP contribution in [-0.4, -0.2) is 23.5 Å². The largest absolute Gasteiger partial charge is 0.247 e. The van der Waals surface area contributed by atoms with Crippen LogP contribution < -0.4 is 57.1 Å². The second-order valence-corrected chi connectivity index (χ2v) is 36.4. The first-order chi connectivity index (χ1) is 42.3. The van der Waals surface area contributed by atoms with Gasteiger partial charge >= 0.3 is 0 Å². The van der Waals surface area contributed by atoms with E-state index >= 15 is 0 Å². The van der Waals surface area contributed by atoms with Crippen molar-refractivity contribution in [2.75, 3.05) is 0 Å². The molecular weight excluding hydrogens is 1240 g/mol. The van der Waals surface area contributed by atoms with Gasteiger partial charge in [0.2, 0.25) is 7.38 Å². The summed E-state index contributed by atoms with van der Waals surface area (Å²) in [5.41, 5.74) is 11.1. The summed E-state index contributed by atoms with van der Waals surface area (Å²) in [6.45, 7) is 0. The lowest BCUT2D eigenvalue weighted by Gasteiger charge is -2.35. The van der Waals surface area contributed by atoms with E-state index in [1.54, 1.807) is 0 Å². The first kappa shape index (κ1) is 56.9. The predicted octanol–water partition coefficient (Wildman–Crippen LogP) is 13.7. The van der Waals surface area contributed by atoms with Crippen molar-refractivity contribution in [2.24, 2.45) is 0 Å². The third kappa shape index (κ3) is 10.8. The Morgan fingerprint density at radius 1 is 0.209 bits per heavy atom. The molecule has 6 heteroatoms. The SMILES string of the molecule is Brc1ccc2c(c1)-c1cc(Br)ccc1C2.Cl[Si](c1ccccc1)(c1ccccc1)c1ccccc1.c1ccc([Si](c2ccccc2)(c2ccccc2)c2ccc3c(c2)-c2cc([Si](c4ccccc4)(c4ccccc4)c4ccccc4)ccc2C3)cc1. The van der Waals surface area contributed by atoms with E-state index in [-0.39, 0.29) is 0 Å². The molecule has 0 aliphatic heterocycles. The molecule has 414 valence electrons. The Hall–Kier alpha value is -8.24. The highest BCUT2D eigenvalue weighted by Gasteiger charge is 2.44. The van der Waals surface area contributed by atoms with Crippen LogP contribution in [-0.2, 0) is 12.8 Å². The lowest BCUT2D eigenvalue weighted by atomic mass is 10.1. The smallest absolute Gasteiger partial charge is 0.149 e. The average Bonchev–Trinajstić information content (AvgIpc) is 1.39. The molecule has 0 atom stereocenters. The second-order valence-electron chi connectivity index (χ2n) is 22.2. The summed E-state index contributed by atoms with van der Waals surface area (Å²) in [6, 6.07) is 127. The number of benzene rings is 13. The Morgan fingerprint density at radius 2 is 0.407 bits per heavy atom. The summed E-state index contributed by atoms with van der Waals surface area (Å²) in [5, 5.41) is 14.9. The van der Waals surface area contributed by atoms with Crippen molar-refractivity contribution in [1.82, 2.24) is 0 Å². The van der Waals surface area contributed by atoms with Crippen molar-refractivity contribution >= 4 is 124 Å². The maximum absolute atomic E-state index is 7.25. The van der Waals surface area contributed by atoms with Gasteiger partial charge in [-0.25, -0.2) is 0 Å². The molecule has 0 bridgehead atoms. The van der Waals surface area contributed by atoms with Gasteiger partial charge < -0.3 is 0 Å². The molecule has 0 radical (unpaired) electrons. The highest BCUT2D eigenvalue weighted by molar-refractivity contribution is 9.10. The first-order valence-electron chi connectivity index (χ1n) is 29.4. The Bertz CT molecular complexity index is 3890. The molecule has 0 fully saturated rings. The molecule has 2 aliphatic rings. The van der Waals surface area contributed by atoms with Crippen molar-refractivity contribution in [3.8, 4) is 22.3 Å². The summed E-state index contributed by atoms with van der Waals surface area (Å²) in [5.74, 6) is 0. The van der Waals surface area contributed by atoms with E-state index in [4.69, 9.17) is 11.1 Å². The Kier molecular flexibility index (Phi) is 16.8. The van der Waals surface area contributed by atoms with Crippen LogP contribution in [0, 0.1) is 0 Å². The summed E-state index contributed by atoms with van der Waals surface area (Å²) in [7, 11) is -7.73. The molecule has 86 heavy (non-hydrogen) atoms. The summed E-state index contributed by atoms with van der Waals surface area (Å²) in [6.07, 6.45) is 2.02. The molecule has 13 aromatic carbocycles. The fraction of sp³-hybridized carbons (Fsp3) is 0.0250. The van der Waals surface area contributed by atoms with E-state index in [0.717, 1.165) is 21.8 Å². The third-order valence-corrected chi connectivity index (χ3v) is 33.2. The van der Waals surface area contributed by atoms with Gasteiger partial charge in [0.25, 0.3) is 0 Å². The maximum atomic E-state index is 7.25. The van der Waals surface area contributed by atoms with Gasteiger partial charge in [-0.15, -0.1) is 11.1 Å². The molecule has 0 amide bonds. The van der Waals surface area contributed by atoms with E-state index in [1.165, 1.54) is 102 Å². The number of rotatable bonds is 11. The van der Waals surface area contributed by atoms with Crippen molar-refractivity contribution in [3.63, 3.8) is 0 Å². The Balaban J connectivity index is 0.000000158. The molecular formula is C80H61Br2ClSi3. The van der Waals surface area contributed by atoms with Crippen LogP contribution in [0.1, 0.15) is 22.3 Å². The van der Waals surface area contributed by atoms with Gasteiger partial charge in [0.05, 0.1) is 0 Å². The van der Waals surface area contributed by atoms with Crippen molar-refractivity contribution in [1.29, 1.82) is 0 Å². The van der Waals surface area contributed by atoms with Gasteiger partial charge in [0.15, 0.2) is 16.1 Å². The third-order valence-electron chi connectivity index (χ3n) is 17.3. The summed E-state index contributed by atoms with van der Waals surface area (Å²) < 4.78 is 2.29. The van der Waals surface area contributed by atoms with Crippen molar-refractivity contribution in [2.45, 2.75) is 12.8 Å². The lowest BCUT2D eigenvalue weighted by Crippen LogP contribution is -2.74. The van der Waals surface area contributed by atoms with Crippen molar-refractivity contribution in [3.05, 3.63) is 377 Å². The number of hydrogen-bond donors (Lipinski definition) is 0. The minimum Gasteiger partial charge on any atom is -0.149 e. The van der Waals surface area contributed by atoms with E-state index in [1.807, 2.05) is 18.2 Å². The van der Waals surface area contributed by atoms with E-state index in [0.29, 0.717) is 0 Å². The molecule has 0 nitrogen and oxygen atoms in total. The van der Waals surface area contributed by atoms with Gasteiger partial charge in [-0.1, -0.05) is 353 Å². The minimum atomic E-state index is -2.66. The number of halogens is 3. The summed E-state index contributed by atoms with van der Waals surface area (Å²) >= 11 is 14.3. The van der Waals surface area contributed by atoms with Gasteiger partial charge in [-0.05, 0) is 139 Å². The fourth-order valence-electron chi connectivity index (χ4n) is 13.4. The van der Waals surface area contributed by atoms with Crippen LogP contribution in [0.3, 0.4) is 0 Å². The first-order valence-corrected chi connectivity index (χ1v) is 38.0. The zero-order chi connectivity index (χ0) is 58.3. The number of fused-ring (bicyclic) bond motifs is 6. The summed E-state index contributed by atoms with van der Waals surface area (Å²) in [4.78, 5) is 0. The van der Waals surface area contributed by atoms with Gasteiger partial charge in [0.1, 0.15) is 0 Å². The topological polar surface area (TPSA) is 0 Å². The normalized spacial score (nSPS) is 12.0. The number of hydrogen-bond acceptors (Lipinski definition) is 0. The van der Waals surface area contributed by atoms with E-state index < -0.39 is 23.5 Å². The molecule has 15 rings (SSSR count). The minimum absolute atomic E-state index is 0.957. The highest BCUT2D eigenvalue weighted by atomic mass is 79.9. The molecule has 2 aliphatic carbocycles. The van der Waals surface area contributed by atoms with Gasteiger partial charge in [-0.3, -0.25) is 0 Å². The Morgan fingerprint density at radius 3 is 0.640 bits per heavy atom. The maximum Gasteiger partial charge on any atom is 0.247 e.